The minimum Gasteiger partial charge on any atom is -0.496 e. The highest BCUT2D eigenvalue weighted by Gasteiger charge is 2.39. The van der Waals surface area contributed by atoms with Gasteiger partial charge in [-0.25, -0.2) is 0 Å². The van der Waals surface area contributed by atoms with Crippen molar-refractivity contribution in [2.24, 2.45) is 10.8 Å². The van der Waals surface area contributed by atoms with Gasteiger partial charge in [-0.2, -0.15) is 5.26 Å². The lowest BCUT2D eigenvalue weighted by atomic mass is 9.63. The third kappa shape index (κ3) is 3.15. The van der Waals surface area contributed by atoms with Crippen LogP contribution in [0, 0.1) is 29.1 Å². The Morgan fingerprint density at radius 3 is 2.40 bits per heavy atom. The van der Waals surface area contributed by atoms with Crippen LogP contribution >= 0.6 is 0 Å². The molecule has 0 atom stereocenters. The predicted octanol–water partition coefficient (Wildman–Crippen LogP) is 4.66. The molecule has 1 fully saturated rings. The van der Waals surface area contributed by atoms with E-state index >= 15 is 0 Å². The van der Waals surface area contributed by atoms with Crippen molar-refractivity contribution in [3.8, 4) is 11.8 Å². The van der Waals surface area contributed by atoms with Crippen molar-refractivity contribution in [3.63, 3.8) is 0 Å². The Balaban J connectivity index is 2.23. The highest BCUT2D eigenvalue weighted by molar-refractivity contribution is 5.38. The molecule has 0 heterocycles. The average molecular weight is 271 g/mol. The third-order valence-corrected chi connectivity index (χ3v) is 4.76. The van der Waals surface area contributed by atoms with E-state index in [0.29, 0.717) is 5.41 Å². The molecule has 2 nitrogen and oxygen atoms in total. The van der Waals surface area contributed by atoms with Crippen LogP contribution in [0.25, 0.3) is 0 Å². The van der Waals surface area contributed by atoms with Gasteiger partial charge in [-0.15, -0.1) is 0 Å². The lowest BCUT2D eigenvalue weighted by Crippen LogP contribution is -2.32. The third-order valence-electron chi connectivity index (χ3n) is 4.76. The predicted molar refractivity (Wildman–Crippen MR) is 81.7 cm³/mol. The molecule has 0 aromatic heterocycles. The Morgan fingerprint density at radius 1 is 1.20 bits per heavy atom. The molecule has 1 aromatic rings. The van der Waals surface area contributed by atoms with E-state index in [1.165, 1.54) is 11.1 Å². The summed E-state index contributed by atoms with van der Waals surface area (Å²) in [6.45, 7) is 6.70. The zero-order valence-electron chi connectivity index (χ0n) is 13.1. The molecule has 0 amide bonds. The number of nitriles is 1. The Morgan fingerprint density at radius 2 is 1.85 bits per heavy atom. The van der Waals surface area contributed by atoms with Crippen molar-refractivity contribution in [1.82, 2.24) is 0 Å². The minimum atomic E-state index is -0.212. The first-order valence-electron chi connectivity index (χ1n) is 7.45. The molecular weight excluding hydrogens is 246 g/mol. The second-order valence-electron chi connectivity index (χ2n) is 7.05. The van der Waals surface area contributed by atoms with Crippen LogP contribution in [-0.4, -0.2) is 7.11 Å². The summed E-state index contributed by atoms with van der Waals surface area (Å²) in [6.07, 6.45) is 5.06. The first-order chi connectivity index (χ1) is 9.40. The molecule has 0 radical (unpaired) electrons. The monoisotopic (exact) mass is 271 g/mol. The van der Waals surface area contributed by atoms with Crippen molar-refractivity contribution < 1.29 is 4.74 Å². The second kappa shape index (κ2) is 5.48. The van der Waals surface area contributed by atoms with Gasteiger partial charge in [0.15, 0.2) is 0 Å². The zero-order valence-corrected chi connectivity index (χ0v) is 13.1. The fourth-order valence-electron chi connectivity index (χ4n) is 3.14. The highest BCUT2D eigenvalue weighted by Crippen LogP contribution is 2.47. The smallest absolute Gasteiger partial charge is 0.122 e. The topological polar surface area (TPSA) is 33.0 Å². The number of rotatable bonds is 3. The maximum absolute atomic E-state index is 9.72. The number of nitrogens with zero attached hydrogens (tertiary/aromatic N) is 1. The fraction of sp³-hybridized carbons (Fsp3) is 0.611. The maximum atomic E-state index is 9.72. The van der Waals surface area contributed by atoms with E-state index in [1.54, 1.807) is 7.11 Å². The number of hydrogen-bond donors (Lipinski definition) is 0. The van der Waals surface area contributed by atoms with E-state index in [1.807, 2.05) is 6.07 Å². The first kappa shape index (κ1) is 14.9. The Hall–Kier alpha value is -1.49. The number of hydrogen-bond acceptors (Lipinski definition) is 2. The van der Waals surface area contributed by atoms with E-state index in [-0.39, 0.29) is 5.41 Å². The Kier molecular flexibility index (Phi) is 4.09. The van der Waals surface area contributed by atoms with Crippen LogP contribution in [0.5, 0.6) is 5.75 Å². The summed E-state index contributed by atoms with van der Waals surface area (Å²) in [7, 11) is 1.71. The molecule has 108 valence electrons. The number of ether oxygens (including phenoxy) is 1. The molecule has 1 aromatic carbocycles. The molecule has 0 unspecified atom stereocenters. The first-order valence-corrected chi connectivity index (χ1v) is 7.45. The maximum Gasteiger partial charge on any atom is 0.122 e. The van der Waals surface area contributed by atoms with Gasteiger partial charge in [-0.1, -0.05) is 31.5 Å². The van der Waals surface area contributed by atoms with Crippen LogP contribution in [0.1, 0.15) is 50.7 Å². The SMILES string of the molecule is COc1ccc(C)cc1CC1(C#N)CCC(C)(C)CC1. The molecule has 0 aliphatic heterocycles. The molecule has 0 spiro atoms. The van der Waals surface area contributed by atoms with Gasteiger partial charge in [0.25, 0.3) is 0 Å². The standard InChI is InChI=1S/C18H25NO/c1-14-5-6-16(20-4)15(11-14)12-18(13-19)9-7-17(2,3)8-10-18/h5-6,11H,7-10,12H2,1-4H3. The van der Waals surface area contributed by atoms with Crippen LogP contribution < -0.4 is 4.74 Å². The summed E-state index contributed by atoms with van der Waals surface area (Å²) in [6, 6.07) is 8.86. The minimum absolute atomic E-state index is 0.212. The average Bonchev–Trinajstić information content (AvgIpc) is 2.42. The Bertz CT molecular complexity index is 515. The summed E-state index contributed by atoms with van der Waals surface area (Å²) in [4.78, 5) is 0. The molecular formula is C18H25NO. The van der Waals surface area contributed by atoms with Crippen molar-refractivity contribution >= 4 is 0 Å². The van der Waals surface area contributed by atoms with Crippen LogP contribution in [0.2, 0.25) is 0 Å². The van der Waals surface area contributed by atoms with E-state index in [0.717, 1.165) is 37.9 Å². The van der Waals surface area contributed by atoms with Crippen molar-refractivity contribution in [1.29, 1.82) is 5.26 Å². The summed E-state index contributed by atoms with van der Waals surface area (Å²) >= 11 is 0. The molecule has 20 heavy (non-hydrogen) atoms. The van der Waals surface area contributed by atoms with Crippen molar-refractivity contribution in [2.45, 2.75) is 52.9 Å². The lowest BCUT2D eigenvalue weighted by Gasteiger charge is -2.39. The van der Waals surface area contributed by atoms with Gasteiger partial charge in [-0.05, 0) is 56.1 Å². The van der Waals surface area contributed by atoms with Gasteiger partial charge in [0, 0.05) is 0 Å². The molecule has 1 saturated carbocycles. The quantitative estimate of drug-likeness (QED) is 0.801. The van der Waals surface area contributed by atoms with Gasteiger partial charge < -0.3 is 4.74 Å². The number of aryl methyl sites for hydroxylation is 1. The van der Waals surface area contributed by atoms with Crippen molar-refractivity contribution in [2.75, 3.05) is 7.11 Å². The van der Waals surface area contributed by atoms with Crippen molar-refractivity contribution in [3.05, 3.63) is 29.3 Å². The van der Waals surface area contributed by atoms with Gasteiger partial charge in [-0.3, -0.25) is 0 Å². The van der Waals surface area contributed by atoms with Gasteiger partial charge in [0.1, 0.15) is 5.75 Å². The summed E-state index contributed by atoms with van der Waals surface area (Å²) < 4.78 is 5.46. The largest absolute Gasteiger partial charge is 0.496 e. The van der Waals surface area contributed by atoms with E-state index in [9.17, 15) is 5.26 Å². The lowest BCUT2D eigenvalue weighted by molar-refractivity contribution is 0.145. The highest BCUT2D eigenvalue weighted by atomic mass is 16.5. The van der Waals surface area contributed by atoms with Gasteiger partial charge in [0.2, 0.25) is 0 Å². The molecule has 0 bridgehead atoms. The van der Waals surface area contributed by atoms with E-state index < -0.39 is 0 Å². The number of methoxy groups -OCH3 is 1. The van der Waals surface area contributed by atoms with Crippen LogP contribution in [0.15, 0.2) is 18.2 Å². The summed E-state index contributed by atoms with van der Waals surface area (Å²) in [5.41, 5.74) is 2.58. The fourth-order valence-corrected chi connectivity index (χ4v) is 3.14. The molecule has 1 aliphatic carbocycles. The molecule has 2 heteroatoms. The van der Waals surface area contributed by atoms with Crippen LogP contribution in [0.4, 0.5) is 0 Å². The van der Waals surface area contributed by atoms with E-state index in [4.69, 9.17) is 4.74 Å². The molecule has 0 saturated heterocycles. The normalized spacial score (nSPS) is 20.1. The Labute approximate surface area is 122 Å². The molecule has 1 aliphatic rings. The second-order valence-corrected chi connectivity index (χ2v) is 7.05. The molecule has 2 rings (SSSR count). The number of benzene rings is 1. The molecule has 0 N–H and O–H groups in total. The summed E-state index contributed by atoms with van der Waals surface area (Å²) in [5, 5.41) is 9.72. The van der Waals surface area contributed by atoms with Gasteiger partial charge in [0.05, 0.1) is 18.6 Å². The van der Waals surface area contributed by atoms with Crippen LogP contribution in [0.3, 0.4) is 0 Å². The van der Waals surface area contributed by atoms with Crippen LogP contribution in [-0.2, 0) is 6.42 Å². The summed E-state index contributed by atoms with van der Waals surface area (Å²) in [5.74, 6) is 0.912. The van der Waals surface area contributed by atoms with Gasteiger partial charge >= 0.3 is 0 Å². The van der Waals surface area contributed by atoms with E-state index in [2.05, 4.69) is 39.0 Å². The zero-order chi connectivity index (χ0) is 14.8.